The predicted octanol–water partition coefficient (Wildman–Crippen LogP) is 1.04. The van der Waals surface area contributed by atoms with E-state index >= 15 is 0 Å². The molecule has 0 saturated heterocycles. The molecule has 0 spiro atoms. The van der Waals surface area contributed by atoms with Gasteiger partial charge in [-0.3, -0.25) is 0 Å². The zero-order valence-electron chi connectivity index (χ0n) is 8.76. The standard InChI is InChI=1S/C12H13NO3/c14-7-11(16)9-1-3-10(4-2-9)12(5-6-12)13-8-15/h1-4,11,14,16H,5-7H2. The van der Waals surface area contributed by atoms with Gasteiger partial charge in [0.15, 0.2) is 0 Å². The van der Waals surface area contributed by atoms with Crippen molar-refractivity contribution in [1.82, 2.24) is 0 Å². The van der Waals surface area contributed by atoms with Crippen LogP contribution >= 0.6 is 0 Å². The molecule has 4 heteroatoms. The van der Waals surface area contributed by atoms with Gasteiger partial charge in [0.05, 0.1) is 12.1 Å². The zero-order chi connectivity index (χ0) is 11.6. The Morgan fingerprint density at radius 3 is 2.44 bits per heavy atom. The van der Waals surface area contributed by atoms with Crippen LogP contribution in [-0.4, -0.2) is 22.9 Å². The van der Waals surface area contributed by atoms with Crippen LogP contribution in [0.3, 0.4) is 0 Å². The Labute approximate surface area is 93.3 Å². The van der Waals surface area contributed by atoms with Gasteiger partial charge < -0.3 is 10.2 Å². The summed E-state index contributed by atoms with van der Waals surface area (Å²) < 4.78 is 0. The first-order valence-electron chi connectivity index (χ1n) is 5.20. The second-order valence-electron chi connectivity index (χ2n) is 4.06. The van der Waals surface area contributed by atoms with Gasteiger partial charge in [0.25, 0.3) is 0 Å². The first-order valence-corrected chi connectivity index (χ1v) is 5.20. The number of hydrogen-bond donors (Lipinski definition) is 2. The Kier molecular flexibility index (Phi) is 2.88. The number of aliphatic hydroxyl groups excluding tert-OH is 2. The predicted molar refractivity (Wildman–Crippen MR) is 57.5 cm³/mol. The Bertz CT molecular complexity index is 416. The van der Waals surface area contributed by atoms with E-state index in [4.69, 9.17) is 5.11 Å². The van der Waals surface area contributed by atoms with Crippen molar-refractivity contribution in [3.8, 4) is 0 Å². The molecule has 1 atom stereocenters. The van der Waals surface area contributed by atoms with Gasteiger partial charge >= 0.3 is 0 Å². The van der Waals surface area contributed by atoms with Crippen LogP contribution in [0.25, 0.3) is 0 Å². The van der Waals surface area contributed by atoms with E-state index < -0.39 is 6.10 Å². The van der Waals surface area contributed by atoms with Crippen molar-refractivity contribution in [3.05, 3.63) is 35.4 Å². The van der Waals surface area contributed by atoms with Gasteiger partial charge in [-0.15, -0.1) is 0 Å². The maximum absolute atomic E-state index is 10.3. The van der Waals surface area contributed by atoms with Crippen LogP contribution < -0.4 is 0 Å². The molecule has 0 radical (unpaired) electrons. The molecule has 1 aromatic carbocycles. The molecule has 0 aliphatic heterocycles. The quantitative estimate of drug-likeness (QED) is 0.587. The van der Waals surface area contributed by atoms with E-state index in [1.165, 1.54) is 0 Å². The Morgan fingerprint density at radius 1 is 1.38 bits per heavy atom. The lowest BCUT2D eigenvalue weighted by atomic mass is 10.0. The van der Waals surface area contributed by atoms with Crippen LogP contribution in [-0.2, 0) is 10.3 Å². The highest BCUT2D eigenvalue weighted by atomic mass is 16.3. The van der Waals surface area contributed by atoms with Gasteiger partial charge in [-0.05, 0) is 24.0 Å². The molecule has 0 bridgehead atoms. The molecule has 1 saturated carbocycles. The Morgan fingerprint density at radius 2 is 2.00 bits per heavy atom. The molecule has 84 valence electrons. The summed E-state index contributed by atoms with van der Waals surface area (Å²) in [5.41, 5.74) is 1.26. The van der Waals surface area contributed by atoms with E-state index in [2.05, 4.69) is 4.99 Å². The fourth-order valence-electron chi connectivity index (χ4n) is 1.79. The lowest BCUT2D eigenvalue weighted by Gasteiger charge is -2.11. The topological polar surface area (TPSA) is 69.9 Å². The van der Waals surface area contributed by atoms with Gasteiger partial charge in [-0.2, -0.15) is 4.99 Å². The van der Waals surface area contributed by atoms with Gasteiger partial charge in [0.2, 0.25) is 6.08 Å². The highest BCUT2D eigenvalue weighted by Gasteiger charge is 2.44. The molecule has 1 aliphatic carbocycles. The van der Waals surface area contributed by atoms with E-state index in [0.717, 1.165) is 18.4 Å². The lowest BCUT2D eigenvalue weighted by molar-refractivity contribution is 0.0956. The number of benzene rings is 1. The maximum atomic E-state index is 10.3. The molecular weight excluding hydrogens is 206 g/mol. The Hall–Kier alpha value is -1.48. The van der Waals surface area contributed by atoms with Crippen LogP contribution in [0.1, 0.15) is 30.1 Å². The highest BCUT2D eigenvalue weighted by Crippen LogP contribution is 2.49. The summed E-state index contributed by atoms with van der Waals surface area (Å²) in [4.78, 5) is 14.1. The first kappa shape index (κ1) is 11.0. The fourth-order valence-corrected chi connectivity index (χ4v) is 1.79. The van der Waals surface area contributed by atoms with Crippen LogP contribution in [0.2, 0.25) is 0 Å². The molecule has 2 rings (SSSR count). The highest BCUT2D eigenvalue weighted by molar-refractivity contribution is 5.42. The molecule has 16 heavy (non-hydrogen) atoms. The normalized spacial score (nSPS) is 18.6. The summed E-state index contributed by atoms with van der Waals surface area (Å²) >= 11 is 0. The molecule has 1 fully saturated rings. The molecule has 1 aromatic rings. The summed E-state index contributed by atoms with van der Waals surface area (Å²) in [5, 5.41) is 18.2. The minimum absolute atomic E-state index is 0.295. The van der Waals surface area contributed by atoms with Crippen LogP contribution in [0.4, 0.5) is 0 Å². The second kappa shape index (κ2) is 4.18. The fraction of sp³-hybridized carbons (Fsp3) is 0.417. The van der Waals surface area contributed by atoms with Crippen molar-refractivity contribution >= 4 is 6.08 Å². The number of aliphatic imine (C=N–C) groups is 1. The second-order valence-corrected chi connectivity index (χ2v) is 4.06. The van der Waals surface area contributed by atoms with Gasteiger partial charge in [0.1, 0.15) is 6.10 Å². The van der Waals surface area contributed by atoms with E-state index in [-0.39, 0.29) is 12.1 Å². The van der Waals surface area contributed by atoms with Crippen molar-refractivity contribution in [2.24, 2.45) is 4.99 Å². The van der Waals surface area contributed by atoms with Crippen LogP contribution in [0.5, 0.6) is 0 Å². The third kappa shape index (κ3) is 1.91. The number of rotatable bonds is 4. The minimum Gasteiger partial charge on any atom is -0.393 e. The van der Waals surface area contributed by atoms with Crippen molar-refractivity contribution in [1.29, 1.82) is 0 Å². The Balaban J connectivity index is 2.23. The molecule has 2 N–H and O–H groups in total. The maximum Gasteiger partial charge on any atom is 0.235 e. The van der Waals surface area contributed by atoms with Crippen molar-refractivity contribution in [3.63, 3.8) is 0 Å². The average Bonchev–Trinajstić information content (AvgIpc) is 3.10. The summed E-state index contributed by atoms with van der Waals surface area (Å²) in [6.45, 7) is -0.295. The van der Waals surface area contributed by atoms with Gasteiger partial charge in [-0.1, -0.05) is 24.3 Å². The van der Waals surface area contributed by atoms with Crippen LogP contribution in [0.15, 0.2) is 29.3 Å². The molecule has 1 aliphatic rings. The number of aliphatic hydroxyl groups is 2. The van der Waals surface area contributed by atoms with E-state index in [0.29, 0.717) is 5.56 Å². The number of isocyanates is 1. The molecule has 4 nitrogen and oxygen atoms in total. The number of hydrogen-bond acceptors (Lipinski definition) is 4. The number of nitrogens with zero attached hydrogens (tertiary/aromatic N) is 1. The van der Waals surface area contributed by atoms with E-state index in [9.17, 15) is 9.90 Å². The monoisotopic (exact) mass is 219 g/mol. The minimum atomic E-state index is -0.848. The molecule has 0 heterocycles. The van der Waals surface area contributed by atoms with Gasteiger partial charge in [-0.25, -0.2) is 4.79 Å². The molecule has 1 unspecified atom stereocenters. The molecule has 0 amide bonds. The van der Waals surface area contributed by atoms with E-state index in [1.807, 2.05) is 12.1 Å². The third-order valence-corrected chi connectivity index (χ3v) is 2.99. The number of carbonyl (C=O) groups excluding carboxylic acids is 1. The van der Waals surface area contributed by atoms with Crippen molar-refractivity contribution in [2.45, 2.75) is 24.5 Å². The smallest absolute Gasteiger partial charge is 0.235 e. The van der Waals surface area contributed by atoms with Crippen molar-refractivity contribution in [2.75, 3.05) is 6.61 Å². The van der Waals surface area contributed by atoms with Gasteiger partial charge in [0, 0.05) is 0 Å². The summed E-state index contributed by atoms with van der Waals surface area (Å²) in [6, 6.07) is 7.16. The first-order chi connectivity index (χ1) is 7.72. The lowest BCUT2D eigenvalue weighted by Crippen LogP contribution is -2.05. The SMILES string of the molecule is O=C=NC1(c2ccc(C(O)CO)cc2)CC1. The summed E-state index contributed by atoms with van der Waals surface area (Å²) in [5.74, 6) is 0. The molecular formula is C12H13NO3. The summed E-state index contributed by atoms with van der Waals surface area (Å²) in [6.07, 6.45) is 2.49. The molecule has 0 aromatic heterocycles. The zero-order valence-corrected chi connectivity index (χ0v) is 8.76. The van der Waals surface area contributed by atoms with E-state index in [1.54, 1.807) is 18.2 Å². The summed E-state index contributed by atoms with van der Waals surface area (Å²) in [7, 11) is 0. The third-order valence-electron chi connectivity index (χ3n) is 2.99. The van der Waals surface area contributed by atoms with Crippen LogP contribution in [0, 0.1) is 0 Å². The largest absolute Gasteiger partial charge is 0.393 e. The average molecular weight is 219 g/mol. The van der Waals surface area contributed by atoms with Crippen molar-refractivity contribution < 1.29 is 15.0 Å².